The molecule has 0 fully saturated rings. The molecule has 110 valence electrons. The lowest BCUT2D eigenvalue weighted by molar-refractivity contribution is 0.0706. The molecule has 1 amide bonds. The highest BCUT2D eigenvalue weighted by atomic mass is 16.5. The third-order valence-corrected chi connectivity index (χ3v) is 3.40. The summed E-state index contributed by atoms with van der Waals surface area (Å²) in [4.78, 5) is 24.0. The van der Waals surface area contributed by atoms with Crippen LogP contribution in [-0.4, -0.2) is 20.8 Å². The fraction of sp³-hybridized carbons (Fsp3) is 0. The number of nitrogens with zero attached hydrogens (tertiary/aromatic N) is 1. The van der Waals surface area contributed by atoms with Crippen molar-refractivity contribution in [3.63, 3.8) is 0 Å². The van der Waals surface area contributed by atoms with Crippen molar-refractivity contribution in [2.24, 2.45) is 0 Å². The molecule has 1 aromatic heterocycles. The zero-order chi connectivity index (χ0) is 15.7. The van der Waals surface area contributed by atoms with Gasteiger partial charge in [0.15, 0.2) is 0 Å². The molecule has 22 heavy (non-hydrogen) atoms. The van der Waals surface area contributed by atoms with E-state index in [1.165, 1.54) is 28.8 Å². The predicted octanol–water partition coefficient (Wildman–Crippen LogP) is 1.82. The summed E-state index contributed by atoms with van der Waals surface area (Å²) in [6, 6.07) is 12.6. The third kappa shape index (κ3) is 2.32. The molecule has 0 unspecified atom stereocenters. The summed E-state index contributed by atoms with van der Waals surface area (Å²) in [5, 5.41) is 19.0. The number of pyridine rings is 1. The number of rotatable bonds is 2. The highest BCUT2D eigenvalue weighted by Gasteiger charge is 2.09. The average Bonchev–Trinajstić information content (AvgIpc) is 2.55. The molecule has 0 radical (unpaired) electrons. The summed E-state index contributed by atoms with van der Waals surface area (Å²) in [5.41, 5.74) is 2.04. The number of carbonyl (C=O) groups excluding carboxylic acids is 1. The summed E-state index contributed by atoms with van der Waals surface area (Å²) >= 11 is 0. The number of benzene rings is 2. The van der Waals surface area contributed by atoms with Gasteiger partial charge in [0, 0.05) is 22.8 Å². The minimum Gasteiger partial charge on any atom is -0.508 e. The Morgan fingerprint density at radius 3 is 2.45 bits per heavy atom. The number of hydroxylamine groups is 1. The molecule has 2 aromatic carbocycles. The topological polar surface area (TPSA) is 91.6 Å². The van der Waals surface area contributed by atoms with Crippen molar-refractivity contribution >= 4 is 16.7 Å². The quantitative estimate of drug-likeness (QED) is 0.497. The second-order valence-electron chi connectivity index (χ2n) is 4.75. The van der Waals surface area contributed by atoms with Crippen molar-refractivity contribution in [3.8, 4) is 11.4 Å². The molecule has 6 nitrogen and oxygen atoms in total. The van der Waals surface area contributed by atoms with E-state index >= 15 is 0 Å². The molecule has 6 heteroatoms. The number of amides is 1. The third-order valence-electron chi connectivity index (χ3n) is 3.40. The molecule has 3 aromatic rings. The molecule has 3 N–H and O–H groups in total. The van der Waals surface area contributed by atoms with E-state index in [-0.39, 0.29) is 16.9 Å². The van der Waals surface area contributed by atoms with Crippen LogP contribution in [0.4, 0.5) is 0 Å². The maximum atomic E-state index is 12.6. The van der Waals surface area contributed by atoms with E-state index in [1.54, 1.807) is 35.9 Å². The number of fused-ring (bicyclic) bond motifs is 1. The van der Waals surface area contributed by atoms with E-state index in [1.807, 2.05) is 0 Å². The minimum absolute atomic E-state index is 0.111. The zero-order valence-electron chi connectivity index (χ0n) is 11.4. The van der Waals surface area contributed by atoms with E-state index in [0.717, 1.165) is 0 Å². The Morgan fingerprint density at radius 2 is 1.77 bits per heavy atom. The van der Waals surface area contributed by atoms with Crippen LogP contribution in [0.15, 0.2) is 59.5 Å². The smallest absolute Gasteiger partial charge is 0.274 e. The molecular formula is C16H12N2O4. The van der Waals surface area contributed by atoms with Crippen LogP contribution in [0.3, 0.4) is 0 Å². The lowest BCUT2D eigenvalue weighted by Gasteiger charge is -2.08. The second-order valence-corrected chi connectivity index (χ2v) is 4.75. The molecule has 0 saturated heterocycles. The number of aromatic hydroxyl groups is 1. The van der Waals surface area contributed by atoms with E-state index in [9.17, 15) is 14.7 Å². The van der Waals surface area contributed by atoms with Crippen LogP contribution < -0.4 is 11.0 Å². The van der Waals surface area contributed by atoms with Crippen molar-refractivity contribution in [2.45, 2.75) is 0 Å². The van der Waals surface area contributed by atoms with Gasteiger partial charge >= 0.3 is 0 Å². The van der Waals surface area contributed by atoms with Gasteiger partial charge in [0.1, 0.15) is 5.75 Å². The SMILES string of the molecule is O=C(NO)c1ccc2ccn(-c3ccc(O)cc3)c(=O)c2c1. The number of hydrogen-bond donors (Lipinski definition) is 3. The highest BCUT2D eigenvalue weighted by molar-refractivity contribution is 5.97. The summed E-state index contributed by atoms with van der Waals surface area (Å²) in [6.45, 7) is 0. The predicted molar refractivity (Wildman–Crippen MR) is 80.5 cm³/mol. The maximum Gasteiger partial charge on any atom is 0.274 e. The Hall–Kier alpha value is -3.12. The van der Waals surface area contributed by atoms with Crippen LogP contribution in [0, 0.1) is 0 Å². The first-order valence-corrected chi connectivity index (χ1v) is 6.49. The monoisotopic (exact) mass is 296 g/mol. The molecule has 0 aliphatic heterocycles. The summed E-state index contributed by atoms with van der Waals surface area (Å²) in [6.07, 6.45) is 1.63. The normalized spacial score (nSPS) is 10.6. The maximum absolute atomic E-state index is 12.6. The van der Waals surface area contributed by atoms with E-state index in [4.69, 9.17) is 5.21 Å². The van der Waals surface area contributed by atoms with Gasteiger partial charge in [-0.25, -0.2) is 5.48 Å². The second kappa shape index (κ2) is 5.34. The van der Waals surface area contributed by atoms with Gasteiger partial charge in [-0.1, -0.05) is 6.07 Å². The lowest BCUT2D eigenvalue weighted by atomic mass is 10.1. The van der Waals surface area contributed by atoms with Gasteiger partial charge in [0.05, 0.1) is 0 Å². The largest absolute Gasteiger partial charge is 0.508 e. The van der Waals surface area contributed by atoms with Crippen LogP contribution in [0.2, 0.25) is 0 Å². The van der Waals surface area contributed by atoms with Gasteiger partial charge in [-0.15, -0.1) is 0 Å². The minimum atomic E-state index is -0.679. The van der Waals surface area contributed by atoms with Crippen LogP contribution >= 0.6 is 0 Å². The number of nitrogens with one attached hydrogen (secondary N) is 1. The van der Waals surface area contributed by atoms with Crippen molar-refractivity contribution < 1.29 is 15.1 Å². The average molecular weight is 296 g/mol. The first kappa shape index (κ1) is 13.8. The molecule has 0 saturated carbocycles. The van der Waals surface area contributed by atoms with Crippen molar-refractivity contribution in [1.82, 2.24) is 10.0 Å². The van der Waals surface area contributed by atoms with Gasteiger partial charge in [-0.05, 0) is 47.9 Å². The van der Waals surface area contributed by atoms with Crippen LogP contribution in [0.1, 0.15) is 10.4 Å². The molecule has 0 atom stereocenters. The number of phenols is 1. The molecule has 0 spiro atoms. The number of aromatic nitrogens is 1. The highest BCUT2D eigenvalue weighted by Crippen LogP contribution is 2.16. The summed E-state index contributed by atoms with van der Waals surface area (Å²) in [7, 11) is 0. The molecule has 0 aliphatic carbocycles. The molecule has 3 rings (SSSR count). The molecule has 0 bridgehead atoms. The van der Waals surface area contributed by atoms with Gasteiger partial charge < -0.3 is 5.11 Å². The Labute approximate surface area is 124 Å². The zero-order valence-corrected chi connectivity index (χ0v) is 11.4. The van der Waals surface area contributed by atoms with Gasteiger partial charge in [0.2, 0.25) is 0 Å². The van der Waals surface area contributed by atoms with Crippen LogP contribution in [0.5, 0.6) is 5.75 Å². The number of carbonyl (C=O) groups is 1. The van der Waals surface area contributed by atoms with Gasteiger partial charge in [-0.3, -0.25) is 19.4 Å². The number of hydrogen-bond acceptors (Lipinski definition) is 4. The Balaban J connectivity index is 2.21. The van der Waals surface area contributed by atoms with Gasteiger partial charge in [0.25, 0.3) is 11.5 Å². The molecule has 1 heterocycles. The van der Waals surface area contributed by atoms with Gasteiger partial charge in [-0.2, -0.15) is 0 Å². The first-order chi connectivity index (χ1) is 10.6. The van der Waals surface area contributed by atoms with Crippen molar-refractivity contribution in [2.75, 3.05) is 0 Å². The fourth-order valence-electron chi connectivity index (χ4n) is 2.26. The Morgan fingerprint density at radius 1 is 1.05 bits per heavy atom. The van der Waals surface area contributed by atoms with E-state index in [2.05, 4.69) is 0 Å². The van der Waals surface area contributed by atoms with E-state index < -0.39 is 5.91 Å². The van der Waals surface area contributed by atoms with E-state index in [0.29, 0.717) is 16.5 Å². The molecular weight excluding hydrogens is 284 g/mol. The first-order valence-electron chi connectivity index (χ1n) is 6.49. The summed E-state index contributed by atoms with van der Waals surface area (Å²) in [5.74, 6) is -0.569. The fourth-order valence-corrected chi connectivity index (χ4v) is 2.26. The summed E-state index contributed by atoms with van der Waals surface area (Å²) < 4.78 is 1.42. The standard InChI is InChI=1S/C16H12N2O4/c19-13-5-3-12(4-6-13)18-8-7-10-1-2-11(15(20)17-22)9-14(10)16(18)21/h1-9,19,22H,(H,17,20). The van der Waals surface area contributed by atoms with Crippen molar-refractivity contribution in [3.05, 3.63) is 70.6 Å². The Bertz CT molecular complexity index is 914. The molecule has 0 aliphatic rings. The Kier molecular flexibility index (Phi) is 3.36. The van der Waals surface area contributed by atoms with Crippen LogP contribution in [-0.2, 0) is 0 Å². The number of phenolic OH excluding ortho intramolecular Hbond substituents is 1. The van der Waals surface area contributed by atoms with Crippen molar-refractivity contribution in [1.29, 1.82) is 0 Å². The van der Waals surface area contributed by atoms with Crippen LogP contribution in [0.25, 0.3) is 16.5 Å². The lowest BCUT2D eigenvalue weighted by Crippen LogP contribution is -2.20.